The molecule has 1 aliphatic heterocycles. The van der Waals surface area contributed by atoms with Crippen molar-refractivity contribution in [2.24, 2.45) is 0 Å². The summed E-state index contributed by atoms with van der Waals surface area (Å²) in [6.45, 7) is 3.76. The fraction of sp³-hybridized carbons (Fsp3) is 0.538. The Bertz CT molecular complexity index is 375. The van der Waals surface area contributed by atoms with Gasteiger partial charge in [0.15, 0.2) is 0 Å². The predicted octanol–water partition coefficient (Wildman–Crippen LogP) is 2.14. The Morgan fingerprint density at radius 3 is 2.82 bits per heavy atom. The van der Waals surface area contributed by atoms with Crippen molar-refractivity contribution in [3.63, 3.8) is 0 Å². The van der Waals surface area contributed by atoms with Gasteiger partial charge in [0.05, 0.1) is 26.4 Å². The minimum absolute atomic E-state index is 0.296. The Labute approximate surface area is 102 Å². The molecule has 0 aliphatic carbocycles. The molecule has 1 aromatic rings. The predicted molar refractivity (Wildman–Crippen MR) is 66.1 cm³/mol. The molecule has 1 aromatic carbocycles. The fourth-order valence-electron chi connectivity index (χ4n) is 2.21. The molecular weight excluding hydrogens is 218 g/mol. The Balaban J connectivity index is 2.44. The zero-order valence-corrected chi connectivity index (χ0v) is 10.6. The van der Waals surface area contributed by atoms with Crippen LogP contribution >= 0.6 is 0 Å². The number of rotatable bonds is 4. The molecule has 1 unspecified atom stereocenters. The van der Waals surface area contributed by atoms with Gasteiger partial charge in [0.1, 0.15) is 17.2 Å². The minimum Gasteiger partial charge on any atom is -0.496 e. The van der Waals surface area contributed by atoms with Crippen molar-refractivity contribution in [3.05, 3.63) is 17.7 Å². The third-order valence-electron chi connectivity index (χ3n) is 3.00. The number of benzene rings is 1. The van der Waals surface area contributed by atoms with Gasteiger partial charge in [0.25, 0.3) is 0 Å². The molecule has 0 saturated heterocycles. The van der Waals surface area contributed by atoms with Crippen LogP contribution in [0.1, 0.15) is 24.9 Å². The van der Waals surface area contributed by atoms with Gasteiger partial charge in [0, 0.05) is 24.6 Å². The van der Waals surface area contributed by atoms with Gasteiger partial charge in [-0.25, -0.2) is 0 Å². The Hall–Kier alpha value is -1.42. The summed E-state index contributed by atoms with van der Waals surface area (Å²) in [5.41, 5.74) is 1.10. The van der Waals surface area contributed by atoms with Gasteiger partial charge < -0.3 is 19.5 Å². The normalized spacial score (nSPS) is 18.2. The minimum atomic E-state index is 0.296. The third-order valence-corrected chi connectivity index (χ3v) is 3.00. The first-order chi connectivity index (χ1) is 8.30. The fourth-order valence-corrected chi connectivity index (χ4v) is 2.21. The molecule has 1 N–H and O–H groups in total. The van der Waals surface area contributed by atoms with Crippen LogP contribution in [0.25, 0.3) is 0 Å². The lowest BCUT2D eigenvalue weighted by Crippen LogP contribution is -2.27. The van der Waals surface area contributed by atoms with Crippen LogP contribution in [0.4, 0.5) is 0 Å². The average molecular weight is 237 g/mol. The first-order valence-electron chi connectivity index (χ1n) is 5.92. The van der Waals surface area contributed by atoms with Crippen LogP contribution in [0.15, 0.2) is 12.1 Å². The molecule has 0 saturated carbocycles. The molecule has 17 heavy (non-hydrogen) atoms. The zero-order valence-electron chi connectivity index (χ0n) is 10.6. The number of ether oxygens (including phenoxy) is 3. The van der Waals surface area contributed by atoms with E-state index in [0.29, 0.717) is 6.04 Å². The Kier molecular flexibility index (Phi) is 3.74. The average Bonchev–Trinajstić information content (AvgIpc) is 2.38. The van der Waals surface area contributed by atoms with Crippen molar-refractivity contribution in [1.82, 2.24) is 5.32 Å². The van der Waals surface area contributed by atoms with Crippen molar-refractivity contribution in [2.45, 2.75) is 19.4 Å². The molecule has 0 fully saturated rings. The van der Waals surface area contributed by atoms with Crippen molar-refractivity contribution >= 4 is 0 Å². The van der Waals surface area contributed by atoms with Gasteiger partial charge in [-0.15, -0.1) is 0 Å². The summed E-state index contributed by atoms with van der Waals surface area (Å²) in [4.78, 5) is 0. The maximum atomic E-state index is 5.69. The van der Waals surface area contributed by atoms with E-state index in [1.54, 1.807) is 14.2 Å². The molecule has 2 rings (SSSR count). The van der Waals surface area contributed by atoms with Crippen molar-refractivity contribution in [2.75, 3.05) is 27.4 Å². The molecule has 4 nitrogen and oxygen atoms in total. The van der Waals surface area contributed by atoms with Crippen LogP contribution < -0.4 is 19.5 Å². The highest BCUT2D eigenvalue weighted by Gasteiger charge is 2.25. The molecule has 0 radical (unpaired) electrons. The summed E-state index contributed by atoms with van der Waals surface area (Å²) in [7, 11) is 3.32. The van der Waals surface area contributed by atoms with E-state index in [9.17, 15) is 0 Å². The standard InChI is InChI=1S/C13H19NO3/c1-4-14-10-5-6-17-12-8-9(15-2)7-11(16-3)13(10)12/h7-8,10,14H,4-6H2,1-3H3. The Morgan fingerprint density at radius 2 is 2.18 bits per heavy atom. The summed E-state index contributed by atoms with van der Waals surface area (Å²) < 4.78 is 16.4. The number of nitrogens with one attached hydrogen (secondary N) is 1. The molecule has 0 bridgehead atoms. The molecule has 1 aliphatic rings. The van der Waals surface area contributed by atoms with Crippen LogP contribution in [0.3, 0.4) is 0 Å². The van der Waals surface area contributed by atoms with E-state index in [2.05, 4.69) is 12.2 Å². The van der Waals surface area contributed by atoms with Crippen molar-refractivity contribution < 1.29 is 14.2 Å². The van der Waals surface area contributed by atoms with Gasteiger partial charge in [0.2, 0.25) is 0 Å². The van der Waals surface area contributed by atoms with Crippen LogP contribution in [0, 0.1) is 0 Å². The molecule has 1 heterocycles. The summed E-state index contributed by atoms with van der Waals surface area (Å²) in [5.74, 6) is 2.45. The number of hydrogen-bond acceptors (Lipinski definition) is 4. The molecule has 0 aromatic heterocycles. The topological polar surface area (TPSA) is 39.7 Å². The summed E-state index contributed by atoms with van der Waals surface area (Å²) in [6, 6.07) is 4.11. The van der Waals surface area contributed by atoms with Crippen LogP contribution in [0.2, 0.25) is 0 Å². The molecule has 0 spiro atoms. The first kappa shape index (κ1) is 12.0. The lowest BCUT2D eigenvalue weighted by molar-refractivity contribution is 0.245. The van der Waals surface area contributed by atoms with Gasteiger partial charge in [-0.1, -0.05) is 6.92 Å². The van der Waals surface area contributed by atoms with Crippen molar-refractivity contribution in [1.29, 1.82) is 0 Å². The molecular formula is C13H19NO3. The van der Waals surface area contributed by atoms with E-state index < -0.39 is 0 Å². The monoisotopic (exact) mass is 237 g/mol. The number of hydrogen-bond donors (Lipinski definition) is 1. The number of fused-ring (bicyclic) bond motifs is 1. The highest BCUT2D eigenvalue weighted by atomic mass is 16.5. The van der Waals surface area contributed by atoms with E-state index in [1.165, 1.54) is 0 Å². The number of methoxy groups -OCH3 is 2. The lowest BCUT2D eigenvalue weighted by Gasteiger charge is -2.28. The Morgan fingerprint density at radius 1 is 1.35 bits per heavy atom. The summed E-state index contributed by atoms with van der Waals surface area (Å²) >= 11 is 0. The molecule has 0 amide bonds. The van der Waals surface area contributed by atoms with Gasteiger partial charge >= 0.3 is 0 Å². The van der Waals surface area contributed by atoms with E-state index in [4.69, 9.17) is 14.2 Å². The van der Waals surface area contributed by atoms with Crippen LogP contribution in [-0.2, 0) is 0 Å². The lowest BCUT2D eigenvalue weighted by atomic mass is 9.99. The van der Waals surface area contributed by atoms with Crippen LogP contribution in [-0.4, -0.2) is 27.4 Å². The maximum absolute atomic E-state index is 5.69. The quantitative estimate of drug-likeness (QED) is 0.871. The van der Waals surface area contributed by atoms with E-state index in [1.807, 2.05) is 12.1 Å². The van der Waals surface area contributed by atoms with Gasteiger partial charge in [-0.3, -0.25) is 0 Å². The third kappa shape index (κ3) is 2.31. The van der Waals surface area contributed by atoms with Gasteiger partial charge in [-0.2, -0.15) is 0 Å². The summed E-state index contributed by atoms with van der Waals surface area (Å²) in [5, 5.41) is 3.45. The molecule has 4 heteroatoms. The van der Waals surface area contributed by atoms with E-state index >= 15 is 0 Å². The van der Waals surface area contributed by atoms with Crippen molar-refractivity contribution in [3.8, 4) is 17.2 Å². The van der Waals surface area contributed by atoms with E-state index in [-0.39, 0.29) is 0 Å². The highest BCUT2D eigenvalue weighted by Crippen LogP contribution is 2.41. The molecule has 1 atom stereocenters. The van der Waals surface area contributed by atoms with Gasteiger partial charge in [-0.05, 0) is 6.54 Å². The maximum Gasteiger partial charge on any atom is 0.131 e. The summed E-state index contributed by atoms with van der Waals surface area (Å²) in [6.07, 6.45) is 0.962. The first-order valence-corrected chi connectivity index (χ1v) is 5.92. The second-order valence-electron chi connectivity index (χ2n) is 3.99. The largest absolute Gasteiger partial charge is 0.496 e. The van der Waals surface area contributed by atoms with Crippen LogP contribution in [0.5, 0.6) is 17.2 Å². The SMILES string of the molecule is CCNC1CCOc2cc(OC)cc(OC)c21. The molecule has 94 valence electrons. The zero-order chi connectivity index (χ0) is 12.3. The second kappa shape index (κ2) is 5.27. The highest BCUT2D eigenvalue weighted by molar-refractivity contribution is 5.53. The van der Waals surface area contributed by atoms with E-state index in [0.717, 1.165) is 42.4 Å². The second-order valence-corrected chi connectivity index (χ2v) is 3.99. The smallest absolute Gasteiger partial charge is 0.131 e.